The number of hydrogen-bond acceptors (Lipinski definition) is 2. The summed E-state index contributed by atoms with van der Waals surface area (Å²) in [6.07, 6.45) is 0.475. The summed E-state index contributed by atoms with van der Waals surface area (Å²) in [7, 11) is 0. The topological polar surface area (TPSA) is 69.6 Å². The number of carbonyl (C=O) groups excluding carboxylic acids is 1. The number of carboxylic acids is 1. The molecule has 5 nitrogen and oxygen atoms in total. The molecule has 1 saturated heterocycles. The van der Waals surface area contributed by atoms with Crippen LogP contribution in [0.2, 0.25) is 0 Å². The molecule has 1 aromatic rings. The number of benzene rings is 1. The summed E-state index contributed by atoms with van der Waals surface area (Å²) in [6.45, 7) is 0.554. The fourth-order valence-electron chi connectivity index (χ4n) is 2.25. The molecule has 1 aliphatic rings. The van der Waals surface area contributed by atoms with Crippen LogP contribution in [-0.2, 0) is 4.79 Å². The molecular weight excluding hydrogens is 289 g/mol. The third kappa shape index (κ3) is 3.45. The van der Waals surface area contributed by atoms with E-state index in [1.807, 2.05) is 0 Å². The molecule has 1 aromatic carbocycles. The van der Waals surface area contributed by atoms with Crippen molar-refractivity contribution in [2.24, 2.45) is 5.92 Å². The van der Waals surface area contributed by atoms with Gasteiger partial charge in [-0.15, -0.1) is 0 Å². The van der Waals surface area contributed by atoms with Gasteiger partial charge in [0.25, 0.3) is 0 Å². The van der Waals surface area contributed by atoms with Gasteiger partial charge < -0.3 is 15.3 Å². The molecule has 1 aliphatic heterocycles. The zero-order valence-electron chi connectivity index (χ0n) is 10.9. The van der Waals surface area contributed by atoms with E-state index in [-0.39, 0.29) is 18.9 Å². The van der Waals surface area contributed by atoms with Gasteiger partial charge in [-0.3, -0.25) is 4.79 Å². The Bertz CT molecular complexity index is 580. The molecule has 0 radical (unpaired) electrons. The summed E-state index contributed by atoms with van der Waals surface area (Å²) in [5.74, 6) is -5.58. The molecular formula is C13H13F3N2O3. The van der Waals surface area contributed by atoms with Crippen LogP contribution in [0.4, 0.5) is 23.7 Å². The zero-order valence-corrected chi connectivity index (χ0v) is 10.9. The lowest BCUT2D eigenvalue weighted by Crippen LogP contribution is -2.33. The van der Waals surface area contributed by atoms with E-state index in [0.29, 0.717) is 19.0 Å². The number of rotatable bonds is 3. The molecule has 1 fully saturated rings. The van der Waals surface area contributed by atoms with Crippen LogP contribution >= 0.6 is 0 Å². The Balaban J connectivity index is 2.00. The molecule has 1 atom stereocenters. The molecule has 8 heteroatoms. The van der Waals surface area contributed by atoms with Gasteiger partial charge in [0.15, 0.2) is 17.5 Å². The summed E-state index contributed by atoms with van der Waals surface area (Å²) < 4.78 is 39.3. The number of nitrogens with zero attached hydrogens (tertiary/aromatic N) is 1. The van der Waals surface area contributed by atoms with Crippen LogP contribution in [0.25, 0.3) is 0 Å². The largest absolute Gasteiger partial charge is 0.481 e. The lowest BCUT2D eigenvalue weighted by atomic mass is 10.1. The van der Waals surface area contributed by atoms with Crippen molar-refractivity contribution in [1.82, 2.24) is 4.90 Å². The maximum Gasteiger partial charge on any atom is 0.321 e. The van der Waals surface area contributed by atoms with E-state index in [4.69, 9.17) is 5.11 Å². The van der Waals surface area contributed by atoms with E-state index in [1.165, 1.54) is 4.90 Å². The molecule has 2 amide bonds. The highest BCUT2D eigenvalue weighted by atomic mass is 19.2. The van der Waals surface area contributed by atoms with Gasteiger partial charge in [-0.05, 0) is 24.5 Å². The minimum absolute atomic E-state index is 0.0523. The van der Waals surface area contributed by atoms with Crippen molar-refractivity contribution in [1.29, 1.82) is 0 Å². The van der Waals surface area contributed by atoms with Crippen LogP contribution in [-0.4, -0.2) is 35.1 Å². The standard InChI is InChI=1S/C13H13F3N2O3/c14-8-1-2-9(12(16)11(8)15)17-13(21)18-4-3-7(6-18)5-10(19)20/h1-2,7H,3-6H2,(H,17,21)(H,19,20). The van der Waals surface area contributed by atoms with Crippen molar-refractivity contribution < 1.29 is 27.9 Å². The third-order valence-electron chi connectivity index (χ3n) is 3.31. The third-order valence-corrected chi connectivity index (χ3v) is 3.31. The lowest BCUT2D eigenvalue weighted by molar-refractivity contribution is -0.138. The maximum atomic E-state index is 13.4. The molecule has 21 heavy (non-hydrogen) atoms. The van der Waals surface area contributed by atoms with Crippen molar-refractivity contribution in [3.63, 3.8) is 0 Å². The van der Waals surface area contributed by atoms with E-state index in [9.17, 15) is 22.8 Å². The SMILES string of the molecule is O=C(O)CC1CCN(C(=O)Nc2ccc(F)c(F)c2F)C1. The second-order valence-corrected chi connectivity index (χ2v) is 4.85. The molecule has 0 spiro atoms. The molecule has 0 saturated carbocycles. The quantitative estimate of drug-likeness (QED) is 0.843. The van der Waals surface area contributed by atoms with Crippen molar-refractivity contribution in [3.8, 4) is 0 Å². The number of halogens is 3. The van der Waals surface area contributed by atoms with Crippen LogP contribution in [0.15, 0.2) is 12.1 Å². The summed E-state index contributed by atoms with van der Waals surface area (Å²) >= 11 is 0. The van der Waals surface area contributed by atoms with E-state index < -0.39 is 35.1 Å². The summed E-state index contributed by atoms with van der Waals surface area (Å²) in [5, 5.41) is 10.8. The van der Waals surface area contributed by atoms with Gasteiger partial charge in [-0.25, -0.2) is 18.0 Å². The number of carboxylic acid groups (broad SMARTS) is 1. The second-order valence-electron chi connectivity index (χ2n) is 4.85. The number of aliphatic carboxylic acids is 1. The smallest absolute Gasteiger partial charge is 0.321 e. The van der Waals surface area contributed by atoms with Gasteiger partial charge in [0.05, 0.1) is 5.69 Å². The number of carbonyl (C=O) groups is 2. The number of likely N-dealkylation sites (tertiary alicyclic amines) is 1. The highest BCUT2D eigenvalue weighted by Crippen LogP contribution is 2.23. The monoisotopic (exact) mass is 302 g/mol. The molecule has 114 valence electrons. The summed E-state index contributed by atoms with van der Waals surface area (Å²) in [4.78, 5) is 23.8. The second kappa shape index (κ2) is 6.02. The Labute approximate surface area is 118 Å². The predicted octanol–water partition coefficient (Wildman–Crippen LogP) is 2.43. The number of nitrogens with one attached hydrogen (secondary N) is 1. The number of hydrogen-bond donors (Lipinski definition) is 2. The molecule has 2 rings (SSSR count). The highest BCUT2D eigenvalue weighted by Gasteiger charge is 2.28. The number of urea groups is 1. The molecule has 2 N–H and O–H groups in total. The van der Waals surface area contributed by atoms with E-state index in [1.54, 1.807) is 0 Å². The van der Waals surface area contributed by atoms with E-state index in [0.717, 1.165) is 6.07 Å². The molecule has 0 aromatic heterocycles. The van der Waals surface area contributed by atoms with Crippen LogP contribution < -0.4 is 5.32 Å². The first kappa shape index (κ1) is 15.1. The van der Waals surface area contributed by atoms with Gasteiger partial charge in [0, 0.05) is 19.5 Å². The Hall–Kier alpha value is -2.25. The van der Waals surface area contributed by atoms with Gasteiger partial charge in [-0.1, -0.05) is 0 Å². The molecule has 1 heterocycles. The van der Waals surface area contributed by atoms with Crippen LogP contribution in [0.1, 0.15) is 12.8 Å². The van der Waals surface area contributed by atoms with Crippen LogP contribution in [0.5, 0.6) is 0 Å². The first-order valence-electron chi connectivity index (χ1n) is 6.29. The van der Waals surface area contributed by atoms with Gasteiger partial charge >= 0.3 is 12.0 Å². The Morgan fingerprint density at radius 1 is 1.29 bits per heavy atom. The maximum absolute atomic E-state index is 13.4. The normalized spacial score (nSPS) is 17.9. The van der Waals surface area contributed by atoms with Crippen molar-refractivity contribution in [3.05, 3.63) is 29.6 Å². The van der Waals surface area contributed by atoms with E-state index >= 15 is 0 Å². The van der Waals surface area contributed by atoms with Crippen molar-refractivity contribution >= 4 is 17.7 Å². The summed E-state index contributed by atoms with van der Waals surface area (Å²) in [6, 6.07) is 0.967. The fourth-order valence-corrected chi connectivity index (χ4v) is 2.25. The predicted molar refractivity (Wildman–Crippen MR) is 67.3 cm³/mol. The summed E-state index contributed by atoms with van der Waals surface area (Å²) in [5.41, 5.74) is -0.458. The average Bonchev–Trinajstić information content (AvgIpc) is 2.87. The minimum atomic E-state index is -1.65. The Morgan fingerprint density at radius 3 is 2.67 bits per heavy atom. The molecule has 0 aliphatic carbocycles. The number of amides is 2. The molecule has 0 bridgehead atoms. The minimum Gasteiger partial charge on any atom is -0.481 e. The molecule has 1 unspecified atom stereocenters. The average molecular weight is 302 g/mol. The zero-order chi connectivity index (χ0) is 15.6. The Kier molecular flexibility index (Phi) is 4.35. The van der Waals surface area contributed by atoms with E-state index in [2.05, 4.69) is 5.32 Å². The number of anilines is 1. The van der Waals surface area contributed by atoms with Gasteiger partial charge in [-0.2, -0.15) is 0 Å². The van der Waals surface area contributed by atoms with Crippen molar-refractivity contribution in [2.75, 3.05) is 18.4 Å². The highest BCUT2D eigenvalue weighted by molar-refractivity contribution is 5.89. The first-order chi connectivity index (χ1) is 9.88. The van der Waals surface area contributed by atoms with Crippen LogP contribution in [0.3, 0.4) is 0 Å². The fraction of sp³-hybridized carbons (Fsp3) is 0.385. The van der Waals surface area contributed by atoms with Crippen molar-refractivity contribution in [2.45, 2.75) is 12.8 Å². The van der Waals surface area contributed by atoms with Gasteiger partial charge in [0.2, 0.25) is 0 Å². The Morgan fingerprint density at radius 2 is 2.00 bits per heavy atom. The van der Waals surface area contributed by atoms with Gasteiger partial charge in [0.1, 0.15) is 0 Å². The first-order valence-corrected chi connectivity index (χ1v) is 6.29. The van der Waals surface area contributed by atoms with Crippen LogP contribution in [0, 0.1) is 23.4 Å². The lowest BCUT2D eigenvalue weighted by Gasteiger charge is -2.17.